The SMILES string of the molecule is O=C(Cc1ncn[nH]1)c1cc(Cl)ccc1Cl. The number of nitrogens with one attached hydrogen (secondary N) is 1. The summed E-state index contributed by atoms with van der Waals surface area (Å²) in [5.74, 6) is 0.352. The second-order valence-electron chi connectivity index (χ2n) is 3.16. The minimum Gasteiger partial charge on any atom is -0.294 e. The van der Waals surface area contributed by atoms with Gasteiger partial charge in [0, 0.05) is 10.6 Å². The first-order valence-corrected chi connectivity index (χ1v) is 5.25. The molecule has 0 aliphatic rings. The van der Waals surface area contributed by atoms with E-state index in [2.05, 4.69) is 15.2 Å². The summed E-state index contributed by atoms with van der Waals surface area (Å²) < 4.78 is 0. The Kier molecular flexibility index (Phi) is 3.22. The van der Waals surface area contributed by atoms with Gasteiger partial charge in [-0.05, 0) is 18.2 Å². The monoisotopic (exact) mass is 255 g/mol. The molecule has 4 nitrogen and oxygen atoms in total. The molecule has 0 unspecified atom stereocenters. The van der Waals surface area contributed by atoms with E-state index in [-0.39, 0.29) is 12.2 Å². The average molecular weight is 256 g/mol. The van der Waals surface area contributed by atoms with E-state index in [0.717, 1.165) is 0 Å². The van der Waals surface area contributed by atoms with Crippen LogP contribution in [0.2, 0.25) is 10.0 Å². The Labute approximate surface area is 102 Å². The Bertz CT molecular complexity index is 511. The number of hydrogen-bond acceptors (Lipinski definition) is 3. The van der Waals surface area contributed by atoms with Crippen LogP contribution in [0.5, 0.6) is 0 Å². The first kappa shape index (κ1) is 11.1. The maximum Gasteiger partial charge on any atom is 0.171 e. The van der Waals surface area contributed by atoms with Crippen LogP contribution in [0.4, 0.5) is 0 Å². The van der Waals surface area contributed by atoms with Crippen LogP contribution in [0.15, 0.2) is 24.5 Å². The first-order chi connectivity index (χ1) is 7.66. The van der Waals surface area contributed by atoms with Crippen LogP contribution < -0.4 is 0 Å². The summed E-state index contributed by atoms with van der Waals surface area (Å²) >= 11 is 11.7. The number of aromatic amines is 1. The highest BCUT2D eigenvalue weighted by Gasteiger charge is 2.13. The highest BCUT2D eigenvalue weighted by molar-refractivity contribution is 6.35. The average Bonchev–Trinajstić information content (AvgIpc) is 2.74. The van der Waals surface area contributed by atoms with Crippen LogP contribution in [0.3, 0.4) is 0 Å². The molecule has 0 radical (unpaired) electrons. The van der Waals surface area contributed by atoms with Crippen LogP contribution in [0.25, 0.3) is 0 Å². The van der Waals surface area contributed by atoms with Crippen molar-refractivity contribution in [3.8, 4) is 0 Å². The topological polar surface area (TPSA) is 58.6 Å². The third kappa shape index (κ3) is 2.40. The van der Waals surface area contributed by atoms with Crippen LogP contribution in [0, 0.1) is 0 Å². The number of halogens is 2. The van der Waals surface area contributed by atoms with E-state index in [1.807, 2.05) is 0 Å². The van der Waals surface area contributed by atoms with Gasteiger partial charge in [-0.3, -0.25) is 9.89 Å². The number of hydrogen-bond donors (Lipinski definition) is 1. The molecule has 2 aromatic rings. The second-order valence-corrected chi connectivity index (χ2v) is 4.00. The lowest BCUT2D eigenvalue weighted by atomic mass is 10.1. The number of nitrogens with zero attached hydrogens (tertiary/aromatic N) is 2. The minimum atomic E-state index is -0.149. The van der Waals surface area contributed by atoms with Gasteiger partial charge in [-0.25, -0.2) is 4.98 Å². The highest BCUT2D eigenvalue weighted by Crippen LogP contribution is 2.21. The van der Waals surface area contributed by atoms with Crippen LogP contribution >= 0.6 is 23.2 Å². The van der Waals surface area contributed by atoms with Crippen molar-refractivity contribution in [1.29, 1.82) is 0 Å². The third-order valence-electron chi connectivity index (χ3n) is 2.02. The number of ketones is 1. The van der Waals surface area contributed by atoms with Crippen molar-refractivity contribution in [2.24, 2.45) is 0 Å². The molecule has 0 aliphatic carbocycles. The molecule has 0 saturated heterocycles. The van der Waals surface area contributed by atoms with Crippen molar-refractivity contribution in [1.82, 2.24) is 15.2 Å². The van der Waals surface area contributed by atoms with Gasteiger partial charge < -0.3 is 0 Å². The Morgan fingerprint density at radius 2 is 2.19 bits per heavy atom. The van der Waals surface area contributed by atoms with Gasteiger partial charge in [-0.15, -0.1) is 0 Å². The number of carbonyl (C=O) groups is 1. The standard InChI is InChI=1S/C10H7Cl2N3O/c11-6-1-2-8(12)7(3-6)9(16)4-10-13-5-14-15-10/h1-3,5H,4H2,(H,13,14,15). The Hall–Kier alpha value is -1.39. The molecule has 1 aromatic heterocycles. The van der Waals surface area contributed by atoms with Crippen molar-refractivity contribution in [2.75, 3.05) is 0 Å². The zero-order valence-corrected chi connectivity index (χ0v) is 9.59. The fourth-order valence-corrected chi connectivity index (χ4v) is 1.67. The van der Waals surface area contributed by atoms with E-state index in [1.54, 1.807) is 18.2 Å². The number of carbonyl (C=O) groups excluding carboxylic acids is 1. The molecule has 0 amide bonds. The Morgan fingerprint density at radius 3 is 2.88 bits per heavy atom. The van der Waals surface area contributed by atoms with Gasteiger partial charge in [-0.1, -0.05) is 23.2 Å². The number of aromatic nitrogens is 3. The van der Waals surface area contributed by atoms with Crippen LogP contribution in [-0.4, -0.2) is 21.0 Å². The van der Waals surface area contributed by atoms with Crippen molar-refractivity contribution < 1.29 is 4.79 Å². The fourth-order valence-electron chi connectivity index (χ4n) is 1.27. The minimum absolute atomic E-state index is 0.125. The largest absolute Gasteiger partial charge is 0.294 e. The fraction of sp³-hybridized carbons (Fsp3) is 0.100. The number of benzene rings is 1. The smallest absolute Gasteiger partial charge is 0.171 e. The zero-order chi connectivity index (χ0) is 11.5. The van der Waals surface area contributed by atoms with Crippen LogP contribution in [-0.2, 0) is 6.42 Å². The third-order valence-corrected chi connectivity index (χ3v) is 2.59. The summed E-state index contributed by atoms with van der Waals surface area (Å²) in [6, 6.07) is 4.77. The summed E-state index contributed by atoms with van der Waals surface area (Å²) in [6.07, 6.45) is 1.47. The predicted molar refractivity (Wildman–Crippen MR) is 60.9 cm³/mol. The molecular weight excluding hydrogens is 249 g/mol. The molecule has 1 heterocycles. The summed E-state index contributed by atoms with van der Waals surface area (Å²) in [7, 11) is 0. The molecule has 2 rings (SSSR count). The zero-order valence-electron chi connectivity index (χ0n) is 8.08. The van der Waals surface area contributed by atoms with E-state index in [9.17, 15) is 4.79 Å². The Morgan fingerprint density at radius 1 is 1.38 bits per heavy atom. The maximum absolute atomic E-state index is 11.9. The summed E-state index contributed by atoms with van der Waals surface area (Å²) in [4.78, 5) is 15.7. The van der Waals surface area contributed by atoms with Gasteiger partial charge in [0.2, 0.25) is 0 Å². The Balaban J connectivity index is 2.24. The molecule has 0 fully saturated rings. The van der Waals surface area contributed by atoms with E-state index >= 15 is 0 Å². The van der Waals surface area contributed by atoms with E-state index in [1.165, 1.54) is 6.33 Å². The van der Waals surface area contributed by atoms with Crippen LogP contribution in [0.1, 0.15) is 16.2 Å². The quantitative estimate of drug-likeness (QED) is 0.858. The molecule has 1 N–H and O–H groups in total. The molecular formula is C10H7Cl2N3O. The lowest BCUT2D eigenvalue weighted by Gasteiger charge is -2.02. The molecule has 6 heteroatoms. The summed E-state index contributed by atoms with van der Waals surface area (Å²) in [6.45, 7) is 0. The molecule has 0 bridgehead atoms. The number of H-pyrrole nitrogens is 1. The van der Waals surface area contributed by atoms with E-state index in [0.29, 0.717) is 21.4 Å². The van der Waals surface area contributed by atoms with Crippen molar-refractivity contribution in [3.63, 3.8) is 0 Å². The van der Waals surface area contributed by atoms with Gasteiger partial charge in [0.25, 0.3) is 0 Å². The maximum atomic E-state index is 11.9. The van der Waals surface area contributed by atoms with Gasteiger partial charge in [-0.2, -0.15) is 5.10 Å². The molecule has 82 valence electrons. The summed E-state index contributed by atoms with van der Waals surface area (Å²) in [5.41, 5.74) is 0.394. The number of Topliss-reactive ketones (excluding diaryl/α,β-unsaturated/α-hetero) is 1. The van der Waals surface area contributed by atoms with Gasteiger partial charge in [0.15, 0.2) is 5.78 Å². The second kappa shape index (κ2) is 4.63. The molecule has 0 atom stereocenters. The summed E-state index contributed by atoms with van der Waals surface area (Å²) in [5, 5.41) is 7.14. The molecule has 0 spiro atoms. The lowest BCUT2D eigenvalue weighted by Crippen LogP contribution is -2.05. The number of rotatable bonds is 3. The normalized spacial score (nSPS) is 10.4. The predicted octanol–water partition coefficient (Wildman–Crippen LogP) is 2.54. The van der Waals surface area contributed by atoms with Gasteiger partial charge in [0.05, 0.1) is 11.4 Å². The van der Waals surface area contributed by atoms with Crippen molar-refractivity contribution in [2.45, 2.75) is 6.42 Å². The molecule has 0 aliphatic heterocycles. The lowest BCUT2D eigenvalue weighted by molar-refractivity contribution is 0.0991. The van der Waals surface area contributed by atoms with E-state index in [4.69, 9.17) is 23.2 Å². The van der Waals surface area contributed by atoms with Crippen molar-refractivity contribution in [3.05, 3.63) is 46.0 Å². The molecule has 1 aromatic carbocycles. The van der Waals surface area contributed by atoms with E-state index < -0.39 is 0 Å². The molecule has 16 heavy (non-hydrogen) atoms. The van der Waals surface area contributed by atoms with Gasteiger partial charge >= 0.3 is 0 Å². The molecule has 0 saturated carbocycles. The van der Waals surface area contributed by atoms with Gasteiger partial charge in [0.1, 0.15) is 12.2 Å². The first-order valence-electron chi connectivity index (χ1n) is 4.49. The highest BCUT2D eigenvalue weighted by atomic mass is 35.5. The van der Waals surface area contributed by atoms with Crippen molar-refractivity contribution >= 4 is 29.0 Å².